The fourth-order valence-electron chi connectivity index (χ4n) is 2.84. The van der Waals surface area contributed by atoms with Crippen molar-refractivity contribution in [3.8, 4) is 5.75 Å². The number of phenolic OH excluding ortho intramolecular Hbond substituents is 1. The average Bonchev–Trinajstić information content (AvgIpc) is 2.44. The van der Waals surface area contributed by atoms with Gasteiger partial charge in [0.15, 0.2) is 0 Å². The van der Waals surface area contributed by atoms with Gasteiger partial charge in [0.25, 0.3) is 0 Å². The zero-order valence-corrected chi connectivity index (χ0v) is 13.7. The molecule has 0 saturated carbocycles. The number of hydrogen-bond donors (Lipinski definition) is 1. The number of rotatable bonds is 6. The molecule has 1 N–H and O–H groups in total. The van der Waals surface area contributed by atoms with Crippen molar-refractivity contribution >= 4 is 0 Å². The highest BCUT2D eigenvalue weighted by atomic mass is 16.3. The minimum Gasteiger partial charge on any atom is -0.508 e. The summed E-state index contributed by atoms with van der Waals surface area (Å²) in [5.41, 5.74) is 2.36. The third-order valence-electron chi connectivity index (χ3n) is 4.17. The Morgan fingerprint density at radius 3 is 2.52 bits per heavy atom. The lowest BCUT2D eigenvalue weighted by Gasteiger charge is -2.32. The Labute approximate surface area is 129 Å². The van der Waals surface area contributed by atoms with Crippen molar-refractivity contribution in [3.05, 3.63) is 29.3 Å². The van der Waals surface area contributed by atoms with E-state index in [-0.39, 0.29) is 0 Å². The lowest BCUT2D eigenvalue weighted by molar-refractivity contribution is 0.153. The van der Waals surface area contributed by atoms with Crippen molar-refractivity contribution in [2.45, 2.75) is 19.4 Å². The molecule has 1 saturated heterocycles. The second-order valence-corrected chi connectivity index (χ2v) is 6.45. The number of hydrogen-bond acceptors (Lipinski definition) is 4. The van der Waals surface area contributed by atoms with Crippen LogP contribution in [0.15, 0.2) is 18.2 Å². The van der Waals surface area contributed by atoms with E-state index < -0.39 is 0 Å². The molecule has 1 aliphatic rings. The predicted octanol–water partition coefficient (Wildman–Crippen LogP) is 1.63. The van der Waals surface area contributed by atoms with Crippen LogP contribution in [0, 0.1) is 0 Å². The molecule has 1 aromatic rings. The zero-order chi connectivity index (χ0) is 15.2. The molecule has 4 heteroatoms. The molecule has 0 spiro atoms. The highest BCUT2D eigenvalue weighted by Gasteiger charge is 2.13. The molecule has 1 aromatic carbocycles. The van der Waals surface area contributed by atoms with Gasteiger partial charge in [-0.2, -0.15) is 0 Å². The normalized spacial score (nSPS) is 17.5. The number of aromatic hydroxyl groups is 1. The van der Waals surface area contributed by atoms with E-state index in [2.05, 4.69) is 33.9 Å². The molecule has 21 heavy (non-hydrogen) atoms. The summed E-state index contributed by atoms with van der Waals surface area (Å²) in [4.78, 5) is 7.04. The molecule has 0 unspecified atom stereocenters. The van der Waals surface area contributed by atoms with Crippen LogP contribution in [0.4, 0.5) is 0 Å². The molecule has 0 aromatic heterocycles. The monoisotopic (exact) mass is 291 g/mol. The van der Waals surface area contributed by atoms with Crippen LogP contribution < -0.4 is 0 Å². The summed E-state index contributed by atoms with van der Waals surface area (Å²) >= 11 is 0. The van der Waals surface area contributed by atoms with Crippen molar-refractivity contribution in [2.24, 2.45) is 0 Å². The first-order valence-corrected chi connectivity index (χ1v) is 7.91. The van der Waals surface area contributed by atoms with Crippen molar-refractivity contribution in [1.82, 2.24) is 14.7 Å². The van der Waals surface area contributed by atoms with Gasteiger partial charge in [0, 0.05) is 38.3 Å². The highest BCUT2D eigenvalue weighted by Crippen LogP contribution is 2.20. The molecule has 0 radical (unpaired) electrons. The minimum atomic E-state index is 0.409. The topological polar surface area (TPSA) is 30.0 Å². The molecule has 2 rings (SSSR count). The first kappa shape index (κ1) is 16.3. The zero-order valence-electron chi connectivity index (χ0n) is 13.7. The van der Waals surface area contributed by atoms with Crippen LogP contribution in [0.1, 0.15) is 17.5 Å². The minimum absolute atomic E-state index is 0.409. The van der Waals surface area contributed by atoms with Crippen LogP contribution in [-0.4, -0.2) is 73.7 Å². The van der Waals surface area contributed by atoms with Gasteiger partial charge in [-0.05, 0) is 52.2 Å². The first-order chi connectivity index (χ1) is 10.0. The Morgan fingerprint density at radius 1 is 1.14 bits per heavy atom. The Kier molecular flexibility index (Phi) is 6.03. The SMILES string of the molecule is CN(C)Cc1cc(CCCN2CCN(C)CC2)ccc1O. The fourth-order valence-corrected chi connectivity index (χ4v) is 2.84. The summed E-state index contributed by atoms with van der Waals surface area (Å²) in [5.74, 6) is 0.409. The Hall–Kier alpha value is -1.10. The number of likely N-dealkylation sites (N-methyl/N-ethyl adjacent to an activating group) is 1. The summed E-state index contributed by atoms with van der Waals surface area (Å²) in [5, 5.41) is 9.90. The van der Waals surface area contributed by atoms with Crippen LogP contribution in [0.25, 0.3) is 0 Å². The van der Waals surface area contributed by atoms with Gasteiger partial charge in [-0.1, -0.05) is 12.1 Å². The molecule has 1 aliphatic heterocycles. The average molecular weight is 291 g/mol. The quantitative estimate of drug-likeness (QED) is 0.863. The van der Waals surface area contributed by atoms with Gasteiger partial charge in [0.2, 0.25) is 0 Å². The Balaban J connectivity index is 1.80. The lowest BCUT2D eigenvalue weighted by Crippen LogP contribution is -2.44. The second kappa shape index (κ2) is 7.78. The second-order valence-electron chi connectivity index (χ2n) is 6.45. The third-order valence-corrected chi connectivity index (χ3v) is 4.17. The summed E-state index contributed by atoms with van der Waals surface area (Å²) in [6, 6.07) is 6.04. The smallest absolute Gasteiger partial charge is 0.120 e. The van der Waals surface area contributed by atoms with Crippen LogP contribution in [0.2, 0.25) is 0 Å². The summed E-state index contributed by atoms with van der Waals surface area (Å²) in [6.07, 6.45) is 2.28. The standard InChI is InChI=1S/C17H29N3O/c1-18(2)14-16-13-15(6-7-17(16)21)5-4-8-20-11-9-19(3)10-12-20/h6-7,13,21H,4-5,8-12,14H2,1-3H3. The number of piperazine rings is 1. The molecule has 0 aliphatic carbocycles. The largest absolute Gasteiger partial charge is 0.508 e. The van der Waals surface area contributed by atoms with Gasteiger partial charge in [0.1, 0.15) is 5.75 Å². The number of benzene rings is 1. The summed E-state index contributed by atoms with van der Waals surface area (Å²) in [7, 11) is 6.25. The van der Waals surface area contributed by atoms with Gasteiger partial charge in [-0.3, -0.25) is 0 Å². The Morgan fingerprint density at radius 2 is 1.86 bits per heavy atom. The third kappa shape index (κ3) is 5.30. The number of nitrogens with zero attached hydrogens (tertiary/aromatic N) is 3. The maximum absolute atomic E-state index is 9.90. The summed E-state index contributed by atoms with van der Waals surface area (Å²) in [6.45, 7) is 6.73. The van der Waals surface area contributed by atoms with Crippen molar-refractivity contribution in [2.75, 3.05) is 53.9 Å². The van der Waals surface area contributed by atoms with E-state index >= 15 is 0 Å². The van der Waals surface area contributed by atoms with E-state index in [1.54, 1.807) is 0 Å². The molecule has 1 heterocycles. The van der Waals surface area contributed by atoms with E-state index in [0.717, 1.165) is 18.5 Å². The highest BCUT2D eigenvalue weighted by molar-refractivity contribution is 5.36. The van der Waals surface area contributed by atoms with E-state index in [1.807, 2.05) is 20.2 Å². The Bertz CT molecular complexity index is 440. The molecular formula is C17H29N3O. The van der Waals surface area contributed by atoms with Crippen LogP contribution in [-0.2, 0) is 13.0 Å². The lowest BCUT2D eigenvalue weighted by atomic mass is 10.0. The van der Waals surface area contributed by atoms with E-state index in [9.17, 15) is 5.11 Å². The van der Waals surface area contributed by atoms with Crippen LogP contribution in [0.5, 0.6) is 5.75 Å². The molecule has 0 atom stereocenters. The van der Waals surface area contributed by atoms with Crippen molar-refractivity contribution in [3.63, 3.8) is 0 Å². The van der Waals surface area contributed by atoms with Crippen LogP contribution in [0.3, 0.4) is 0 Å². The van der Waals surface area contributed by atoms with Gasteiger partial charge in [0.05, 0.1) is 0 Å². The van der Waals surface area contributed by atoms with Crippen molar-refractivity contribution < 1.29 is 5.11 Å². The molecular weight excluding hydrogens is 262 g/mol. The molecule has 4 nitrogen and oxygen atoms in total. The van der Waals surface area contributed by atoms with Gasteiger partial charge in [-0.25, -0.2) is 0 Å². The molecule has 0 bridgehead atoms. The van der Waals surface area contributed by atoms with Gasteiger partial charge >= 0.3 is 0 Å². The molecule has 118 valence electrons. The fraction of sp³-hybridized carbons (Fsp3) is 0.647. The van der Waals surface area contributed by atoms with Gasteiger partial charge in [-0.15, -0.1) is 0 Å². The maximum atomic E-state index is 9.90. The molecule has 1 fully saturated rings. The van der Waals surface area contributed by atoms with Crippen molar-refractivity contribution in [1.29, 1.82) is 0 Å². The number of phenols is 1. The summed E-state index contributed by atoms with van der Waals surface area (Å²) < 4.78 is 0. The van der Waals surface area contributed by atoms with E-state index in [1.165, 1.54) is 44.7 Å². The molecule has 0 amide bonds. The number of aryl methyl sites for hydroxylation is 1. The van der Waals surface area contributed by atoms with Gasteiger partial charge < -0.3 is 19.8 Å². The van der Waals surface area contributed by atoms with E-state index in [0.29, 0.717) is 5.75 Å². The van der Waals surface area contributed by atoms with E-state index in [4.69, 9.17) is 0 Å². The first-order valence-electron chi connectivity index (χ1n) is 7.91. The van der Waals surface area contributed by atoms with Crippen LogP contribution >= 0.6 is 0 Å². The predicted molar refractivity (Wildman–Crippen MR) is 87.8 cm³/mol. The maximum Gasteiger partial charge on any atom is 0.120 e.